The molecule has 0 aromatic carbocycles. The maximum atomic E-state index is 3.75. The monoisotopic (exact) mass is 225 g/mol. The Labute approximate surface area is 102 Å². The van der Waals surface area contributed by atoms with Crippen LogP contribution in [-0.4, -0.2) is 12.6 Å². The van der Waals surface area contributed by atoms with Gasteiger partial charge in [0.2, 0.25) is 0 Å². The van der Waals surface area contributed by atoms with Gasteiger partial charge in [-0.3, -0.25) is 0 Å². The molecule has 1 N–H and O–H groups in total. The Bertz CT molecular complexity index is 182. The van der Waals surface area contributed by atoms with Crippen LogP contribution in [0.4, 0.5) is 0 Å². The smallest absolute Gasteiger partial charge is 0.0100 e. The summed E-state index contributed by atoms with van der Waals surface area (Å²) in [6.45, 7) is 15.4. The number of rotatable bonds is 2. The summed E-state index contributed by atoms with van der Waals surface area (Å²) in [4.78, 5) is 0. The zero-order chi connectivity index (χ0) is 12.4. The lowest BCUT2D eigenvalue weighted by Crippen LogP contribution is -2.44. The fourth-order valence-electron chi connectivity index (χ4n) is 2.95. The van der Waals surface area contributed by atoms with Crippen LogP contribution in [0.5, 0.6) is 0 Å². The lowest BCUT2D eigenvalue weighted by atomic mass is 9.73. The van der Waals surface area contributed by atoms with Gasteiger partial charge in [0.1, 0.15) is 0 Å². The van der Waals surface area contributed by atoms with Crippen LogP contribution >= 0.6 is 0 Å². The van der Waals surface area contributed by atoms with Gasteiger partial charge in [-0.1, -0.05) is 41.5 Å². The van der Waals surface area contributed by atoms with Crippen LogP contribution in [0.15, 0.2) is 0 Å². The highest BCUT2D eigenvalue weighted by Gasteiger charge is 2.31. The first-order valence-corrected chi connectivity index (χ1v) is 6.91. The lowest BCUT2D eigenvalue weighted by molar-refractivity contribution is 0.160. The van der Waals surface area contributed by atoms with Gasteiger partial charge in [0.15, 0.2) is 0 Å². The lowest BCUT2D eigenvalue weighted by Gasteiger charge is -2.39. The summed E-state index contributed by atoms with van der Waals surface area (Å²) in [5.41, 5.74) is 0.922. The zero-order valence-corrected chi connectivity index (χ0v) is 12.2. The first kappa shape index (κ1) is 14.0. The highest BCUT2D eigenvalue weighted by molar-refractivity contribution is 4.86. The summed E-state index contributed by atoms with van der Waals surface area (Å²) in [5, 5.41) is 3.75. The third-order valence-electron chi connectivity index (χ3n) is 3.43. The van der Waals surface area contributed by atoms with E-state index in [1.165, 1.54) is 32.2 Å². The molecule has 0 bridgehead atoms. The molecule has 0 radical (unpaired) electrons. The summed E-state index contributed by atoms with van der Waals surface area (Å²) in [6.07, 6.45) is 5.46. The van der Waals surface area contributed by atoms with Gasteiger partial charge in [0.05, 0.1) is 0 Å². The summed E-state index contributed by atoms with van der Waals surface area (Å²) >= 11 is 0. The predicted octanol–water partition coefficient (Wildman–Crippen LogP) is 4.23. The van der Waals surface area contributed by atoms with Gasteiger partial charge in [-0.05, 0) is 49.0 Å². The van der Waals surface area contributed by atoms with Gasteiger partial charge in [-0.2, -0.15) is 0 Å². The fourth-order valence-corrected chi connectivity index (χ4v) is 2.95. The van der Waals surface area contributed by atoms with Gasteiger partial charge >= 0.3 is 0 Å². The van der Waals surface area contributed by atoms with Crippen molar-refractivity contribution in [3.05, 3.63) is 0 Å². The molecule has 1 aliphatic rings. The van der Waals surface area contributed by atoms with Crippen LogP contribution in [0.2, 0.25) is 0 Å². The van der Waals surface area contributed by atoms with E-state index in [2.05, 4.69) is 46.9 Å². The number of hydrogen-bond acceptors (Lipinski definition) is 1. The largest absolute Gasteiger partial charge is 0.314 e. The second kappa shape index (κ2) is 5.08. The molecule has 0 saturated carbocycles. The molecular weight excluding hydrogens is 194 g/mol. The summed E-state index contributed by atoms with van der Waals surface area (Å²) in [6, 6.07) is 0.743. The second-order valence-corrected chi connectivity index (χ2v) is 7.99. The van der Waals surface area contributed by atoms with E-state index in [4.69, 9.17) is 0 Å². The van der Waals surface area contributed by atoms with Crippen LogP contribution in [0.3, 0.4) is 0 Å². The van der Waals surface area contributed by atoms with Crippen molar-refractivity contribution in [2.24, 2.45) is 16.7 Å². The molecule has 0 aromatic heterocycles. The molecule has 1 heteroatoms. The quantitative estimate of drug-likeness (QED) is 0.741. The highest BCUT2D eigenvalue weighted by atomic mass is 14.9. The Kier molecular flexibility index (Phi) is 4.45. The van der Waals surface area contributed by atoms with E-state index in [-0.39, 0.29) is 0 Å². The minimum absolute atomic E-state index is 0.450. The van der Waals surface area contributed by atoms with Gasteiger partial charge in [0.25, 0.3) is 0 Å². The average molecular weight is 225 g/mol. The fraction of sp³-hybridized carbons (Fsp3) is 1.00. The Hall–Kier alpha value is -0.0400. The minimum Gasteiger partial charge on any atom is -0.314 e. The molecule has 16 heavy (non-hydrogen) atoms. The van der Waals surface area contributed by atoms with E-state index in [0.717, 1.165) is 12.0 Å². The molecule has 1 heterocycles. The minimum atomic E-state index is 0.450. The third-order valence-corrected chi connectivity index (χ3v) is 3.43. The van der Waals surface area contributed by atoms with E-state index in [1.807, 2.05) is 0 Å². The van der Waals surface area contributed by atoms with E-state index in [1.54, 1.807) is 0 Å². The first-order chi connectivity index (χ1) is 7.17. The molecule has 2 unspecified atom stereocenters. The SMILES string of the molecule is CC(C)(C)CC1CCCNC1CC(C)(C)C. The number of nitrogens with one attached hydrogen (secondary N) is 1. The standard InChI is InChI=1S/C15H31N/c1-14(2,3)10-12-8-7-9-16-13(12)11-15(4,5)6/h12-13,16H,7-11H2,1-6H3. The van der Waals surface area contributed by atoms with Crippen LogP contribution in [-0.2, 0) is 0 Å². The topological polar surface area (TPSA) is 12.0 Å². The van der Waals surface area contributed by atoms with Crippen LogP contribution in [0.25, 0.3) is 0 Å². The number of piperidine rings is 1. The molecule has 1 fully saturated rings. The Morgan fingerprint density at radius 1 is 0.938 bits per heavy atom. The summed E-state index contributed by atoms with van der Waals surface area (Å²) in [7, 11) is 0. The van der Waals surface area contributed by atoms with E-state index >= 15 is 0 Å². The van der Waals surface area contributed by atoms with E-state index in [0.29, 0.717) is 10.8 Å². The average Bonchev–Trinajstić information content (AvgIpc) is 2.03. The number of hydrogen-bond donors (Lipinski definition) is 1. The van der Waals surface area contributed by atoms with Crippen molar-refractivity contribution in [2.75, 3.05) is 6.54 Å². The molecule has 0 aromatic rings. The molecule has 2 atom stereocenters. The van der Waals surface area contributed by atoms with Crippen LogP contribution in [0, 0.1) is 16.7 Å². The molecule has 1 nitrogen and oxygen atoms in total. The highest BCUT2D eigenvalue weighted by Crippen LogP contribution is 2.35. The van der Waals surface area contributed by atoms with Crippen molar-refractivity contribution in [3.63, 3.8) is 0 Å². The second-order valence-electron chi connectivity index (χ2n) is 7.99. The van der Waals surface area contributed by atoms with Crippen molar-refractivity contribution in [1.82, 2.24) is 5.32 Å². The maximum Gasteiger partial charge on any atom is 0.0100 e. The van der Waals surface area contributed by atoms with Crippen LogP contribution in [0.1, 0.15) is 67.2 Å². The molecule has 96 valence electrons. The van der Waals surface area contributed by atoms with Crippen molar-refractivity contribution in [3.8, 4) is 0 Å². The molecular formula is C15H31N. The van der Waals surface area contributed by atoms with E-state index < -0.39 is 0 Å². The Balaban J connectivity index is 2.57. The molecule has 1 saturated heterocycles. The molecule has 1 rings (SSSR count). The van der Waals surface area contributed by atoms with Crippen molar-refractivity contribution in [1.29, 1.82) is 0 Å². The summed E-state index contributed by atoms with van der Waals surface area (Å²) < 4.78 is 0. The van der Waals surface area contributed by atoms with Crippen molar-refractivity contribution in [2.45, 2.75) is 73.3 Å². The van der Waals surface area contributed by atoms with E-state index in [9.17, 15) is 0 Å². The van der Waals surface area contributed by atoms with Gasteiger partial charge in [0, 0.05) is 6.04 Å². The third kappa shape index (κ3) is 5.34. The predicted molar refractivity (Wildman–Crippen MR) is 72.7 cm³/mol. The van der Waals surface area contributed by atoms with Crippen molar-refractivity contribution < 1.29 is 0 Å². The zero-order valence-electron chi connectivity index (χ0n) is 12.2. The molecule has 0 aliphatic carbocycles. The van der Waals surface area contributed by atoms with Gasteiger partial charge in [-0.15, -0.1) is 0 Å². The normalized spacial score (nSPS) is 28.1. The molecule has 0 amide bonds. The molecule has 0 spiro atoms. The first-order valence-electron chi connectivity index (χ1n) is 6.91. The molecule has 1 aliphatic heterocycles. The Morgan fingerprint density at radius 3 is 2.00 bits per heavy atom. The summed E-state index contributed by atoms with van der Waals surface area (Å²) in [5.74, 6) is 0.882. The van der Waals surface area contributed by atoms with Gasteiger partial charge in [-0.25, -0.2) is 0 Å². The maximum absolute atomic E-state index is 3.75. The van der Waals surface area contributed by atoms with Crippen molar-refractivity contribution >= 4 is 0 Å². The van der Waals surface area contributed by atoms with Gasteiger partial charge < -0.3 is 5.32 Å². The van der Waals surface area contributed by atoms with Crippen LogP contribution < -0.4 is 5.32 Å². The Morgan fingerprint density at radius 2 is 1.50 bits per heavy atom.